The molecule has 0 aromatic carbocycles. The van der Waals surface area contributed by atoms with Crippen molar-refractivity contribution >= 4 is 0 Å². The van der Waals surface area contributed by atoms with Crippen molar-refractivity contribution in [2.45, 2.75) is 69.2 Å². The Kier molecular flexibility index (Phi) is 32.9. The monoisotopic (exact) mass is 546 g/mol. The van der Waals surface area contributed by atoms with Gasteiger partial charge >= 0.3 is 0 Å². The second-order valence-electron chi connectivity index (χ2n) is 6.25. The first-order valence-corrected chi connectivity index (χ1v) is 7.50. The van der Waals surface area contributed by atoms with E-state index in [0.717, 1.165) is 0 Å². The fourth-order valence-corrected chi connectivity index (χ4v) is 2.81. The molecule has 2 fully saturated rings. The molecule has 162 valence electrons. The molecular weight excluding hydrogens is 512 g/mol. The third-order valence-electron chi connectivity index (χ3n) is 5.62. The van der Waals surface area contributed by atoms with E-state index in [4.69, 9.17) is 0 Å². The summed E-state index contributed by atoms with van der Waals surface area (Å²) >= 11 is 0. The summed E-state index contributed by atoms with van der Waals surface area (Å²) in [6.07, 6.45) is 0. The Morgan fingerprint density at radius 1 is 0.222 bits per heavy atom. The molecule has 0 bridgehead atoms. The van der Waals surface area contributed by atoms with Crippen molar-refractivity contribution in [1.82, 2.24) is 0 Å². The van der Waals surface area contributed by atoms with Gasteiger partial charge in [-0.05, 0) is 59.2 Å². The van der Waals surface area contributed by atoms with Crippen LogP contribution in [0.5, 0.6) is 0 Å². The molecule has 2 aliphatic rings. The smallest absolute Gasteiger partial charge is 0 e. The van der Waals surface area contributed by atoms with Crippen molar-refractivity contribution in [3.05, 3.63) is 59.2 Å². The van der Waals surface area contributed by atoms with E-state index >= 15 is 0 Å². The van der Waals surface area contributed by atoms with Crippen LogP contribution in [0.2, 0.25) is 0 Å². The zero-order chi connectivity index (χ0) is 15.8. The maximum absolute atomic E-state index is 2.20. The summed E-state index contributed by atoms with van der Waals surface area (Å²) in [5.74, 6) is 14.7. The van der Waals surface area contributed by atoms with Gasteiger partial charge < -0.3 is 27.4 Å². The van der Waals surface area contributed by atoms with Crippen LogP contribution in [0.15, 0.2) is 0 Å². The van der Waals surface area contributed by atoms with Crippen molar-refractivity contribution < 1.29 is 69.5 Å². The fourth-order valence-electron chi connectivity index (χ4n) is 2.81. The molecule has 0 aromatic rings. The molecule has 0 heterocycles. The number of hydrogen-bond acceptors (Lipinski definition) is 0. The van der Waals surface area contributed by atoms with E-state index in [1.165, 1.54) is 59.2 Å². The predicted molar refractivity (Wildman–Crippen MR) is 92.6 cm³/mol. The van der Waals surface area contributed by atoms with Crippen LogP contribution in [-0.4, -0.2) is 0 Å². The first-order chi connectivity index (χ1) is 9.11. The largest absolute Gasteiger partial charge is 2.00 e. The molecule has 0 aliphatic heterocycles. The summed E-state index contributed by atoms with van der Waals surface area (Å²) in [5.41, 5.74) is 0. The molecule has 10 radical (unpaired) electrons. The van der Waals surface area contributed by atoms with Crippen molar-refractivity contribution in [2.75, 3.05) is 0 Å². The molecule has 0 unspecified atom stereocenters. The van der Waals surface area contributed by atoms with Gasteiger partial charge in [0.1, 0.15) is 0 Å². The van der Waals surface area contributed by atoms with Crippen LogP contribution in [0.4, 0.5) is 0 Å². The van der Waals surface area contributed by atoms with Crippen LogP contribution >= 0.6 is 0 Å². The quantitative estimate of drug-likeness (QED) is 0.364. The van der Waals surface area contributed by atoms with Gasteiger partial charge in [-0.15, -0.1) is 0 Å². The molecule has 0 N–H and O–H groups in total. The van der Waals surface area contributed by atoms with Gasteiger partial charge in [0, 0.05) is 42.1 Å². The van der Waals surface area contributed by atoms with Gasteiger partial charge in [-0.2, -0.15) is 0 Å². The SMILES string of the molecule is C[C]1[C](C)[C](C)[C](C)[C]1C.C[C]1[C](C)[C](C)[C](C)[C]1C.[Mo].[Mo].[O-2].[O-2].[O-2].[O-2].[O-2]. The molecular formula is C20H30Mo2O5-10. The van der Waals surface area contributed by atoms with Crippen LogP contribution in [-0.2, 0) is 69.5 Å². The van der Waals surface area contributed by atoms with Crippen molar-refractivity contribution in [1.29, 1.82) is 0 Å². The Morgan fingerprint density at radius 2 is 0.259 bits per heavy atom. The van der Waals surface area contributed by atoms with Crippen LogP contribution in [0.3, 0.4) is 0 Å². The third kappa shape index (κ3) is 10.2. The normalized spacial score (nSPS) is 21.1. The topological polar surface area (TPSA) is 142 Å². The minimum atomic E-state index is 0. The second-order valence-corrected chi connectivity index (χ2v) is 6.25. The Balaban J connectivity index is -0.0000000471. The summed E-state index contributed by atoms with van der Waals surface area (Å²) < 4.78 is 0. The van der Waals surface area contributed by atoms with E-state index < -0.39 is 0 Å². The molecule has 0 aromatic heterocycles. The molecule has 2 saturated carbocycles. The number of rotatable bonds is 0. The molecule has 0 atom stereocenters. The van der Waals surface area contributed by atoms with Gasteiger partial charge in [-0.3, -0.25) is 0 Å². The maximum Gasteiger partial charge on any atom is 0 e. The first-order valence-electron chi connectivity index (χ1n) is 7.50. The Bertz CT molecular complexity index is 203. The van der Waals surface area contributed by atoms with E-state index in [-0.39, 0.29) is 69.5 Å². The maximum atomic E-state index is 2.20. The van der Waals surface area contributed by atoms with E-state index in [1.54, 1.807) is 0 Å². The molecule has 0 amide bonds. The zero-order valence-electron chi connectivity index (χ0n) is 17.9. The average molecular weight is 542 g/mol. The summed E-state index contributed by atoms with van der Waals surface area (Å²) in [7, 11) is 0. The van der Waals surface area contributed by atoms with E-state index in [1.807, 2.05) is 0 Å². The summed E-state index contributed by atoms with van der Waals surface area (Å²) in [5, 5.41) is 0. The first kappa shape index (κ1) is 46.4. The minimum Gasteiger partial charge on any atom is -2.00 e. The van der Waals surface area contributed by atoms with Gasteiger partial charge in [0.05, 0.1) is 0 Å². The van der Waals surface area contributed by atoms with Crippen LogP contribution in [0.1, 0.15) is 69.2 Å². The van der Waals surface area contributed by atoms with Gasteiger partial charge in [0.15, 0.2) is 0 Å². The molecule has 5 nitrogen and oxygen atoms in total. The van der Waals surface area contributed by atoms with E-state index in [2.05, 4.69) is 69.2 Å². The molecule has 27 heavy (non-hydrogen) atoms. The summed E-state index contributed by atoms with van der Waals surface area (Å²) in [4.78, 5) is 0. The van der Waals surface area contributed by atoms with Crippen LogP contribution in [0.25, 0.3) is 0 Å². The van der Waals surface area contributed by atoms with E-state index in [9.17, 15) is 0 Å². The Hall–Kier alpha value is 1.18. The second kappa shape index (κ2) is 19.2. The van der Waals surface area contributed by atoms with Gasteiger partial charge in [0.25, 0.3) is 0 Å². The zero-order valence-corrected chi connectivity index (χ0v) is 21.9. The van der Waals surface area contributed by atoms with Crippen molar-refractivity contribution in [2.24, 2.45) is 0 Å². The predicted octanol–water partition coefficient (Wildman–Crippen LogP) is 5.34. The molecule has 2 rings (SSSR count). The average Bonchev–Trinajstić information content (AvgIpc) is 2.71. The van der Waals surface area contributed by atoms with Gasteiger partial charge in [-0.25, -0.2) is 0 Å². The molecule has 0 spiro atoms. The Labute approximate surface area is 197 Å². The van der Waals surface area contributed by atoms with Gasteiger partial charge in [-0.1, -0.05) is 69.2 Å². The minimum absolute atomic E-state index is 0. The van der Waals surface area contributed by atoms with Gasteiger partial charge in [0.2, 0.25) is 0 Å². The van der Waals surface area contributed by atoms with Crippen molar-refractivity contribution in [3.8, 4) is 0 Å². The standard InChI is InChI=1S/2C10H15.2Mo.5O/c2*1-6-7(2)9(4)10(5)8(6)3;;;;;;;/h2*1-5H3;;;;;;;/q;;;;5*-2. The third-order valence-corrected chi connectivity index (χ3v) is 5.62. The summed E-state index contributed by atoms with van der Waals surface area (Å²) in [6.45, 7) is 22.0. The number of hydrogen-bond donors (Lipinski definition) is 0. The Morgan fingerprint density at radius 3 is 0.296 bits per heavy atom. The summed E-state index contributed by atoms with van der Waals surface area (Å²) in [6, 6.07) is 0. The van der Waals surface area contributed by atoms with Crippen LogP contribution < -0.4 is 0 Å². The molecule has 0 saturated heterocycles. The van der Waals surface area contributed by atoms with E-state index in [0.29, 0.717) is 0 Å². The van der Waals surface area contributed by atoms with Crippen molar-refractivity contribution in [3.63, 3.8) is 0 Å². The fraction of sp³-hybridized carbons (Fsp3) is 0.500. The molecule has 7 heteroatoms. The molecule has 2 aliphatic carbocycles. The van der Waals surface area contributed by atoms with Crippen LogP contribution in [0, 0.1) is 59.2 Å².